The quantitative estimate of drug-likeness (QED) is 0.906. The Bertz CT molecular complexity index is 656. The number of carbonyl (C=O) groups is 1. The summed E-state index contributed by atoms with van der Waals surface area (Å²) in [6.45, 7) is 0. The molecule has 0 saturated heterocycles. The minimum atomic E-state index is -0.489. The molecule has 1 fully saturated rings. The summed E-state index contributed by atoms with van der Waals surface area (Å²) in [6, 6.07) is 13.8. The van der Waals surface area contributed by atoms with Gasteiger partial charge in [-0.15, -0.1) is 0 Å². The number of amides is 1. The first-order chi connectivity index (χ1) is 10.1. The first-order valence-electron chi connectivity index (χ1n) is 6.96. The fourth-order valence-corrected chi connectivity index (χ4v) is 2.80. The van der Waals surface area contributed by atoms with Crippen molar-refractivity contribution in [1.82, 2.24) is 5.32 Å². The van der Waals surface area contributed by atoms with Crippen molar-refractivity contribution in [2.45, 2.75) is 24.8 Å². The largest absolute Gasteiger partial charge is 0.349 e. The average Bonchev–Trinajstić information content (AvgIpc) is 2.46. The van der Waals surface area contributed by atoms with E-state index in [1.165, 1.54) is 12.1 Å². The van der Waals surface area contributed by atoms with Gasteiger partial charge in [-0.05, 0) is 42.7 Å². The van der Waals surface area contributed by atoms with Crippen LogP contribution in [0.3, 0.4) is 0 Å². The molecule has 2 nitrogen and oxygen atoms in total. The second-order valence-corrected chi connectivity index (χ2v) is 5.73. The third-order valence-electron chi connectivity index (χ3n) is 4.01. The highest BCUT2D eigenvalue weighted by Gasteiger charge is 2.33. The van der Waals surface area contributed by atoms with E-state index in [2.05, 4.69) is 5.32 Å². The molecule has 1 aliphatic carbocycles. The summed E-state index contributed by atoms with van der Waals surface area (Å²) in [6.07, 6.45) is 1.93. The molecule has 4 heteroatoms. The Kier molecular flexibility index (Phi) is 3.93. The van der Waals surface area contributed by atoms with Gasteiger partial charge in [-0.3, -0.25) is 4.79 Å². The van der Waals surface area contributed by atoms with Gasteiger partial charge in [-0.25, -0.2) is 4.39 Å². The van der Waals surface area contributed by atoms with E-state index in [-0.39, 0.29) is 23.4 Å². The number of halogens is 2. The maximum atomic E-state index is 13.6. The van der Waals surface area contributed by atoms with Crippen molar-refractivity contribution >= 4 is 17.5 Å². The highest BCUT2D eigenvalue weighted by atomic mass is 35.5. The van der Waals surface area contributed by atoms with Crippen LogP contribution < -0.4 is 5.32 Å². The molecular weight excluding hydrogens is 289 g/mol. The van der Waals surface area contributed by atoms with Crippen molar-refractivity contribution in [3.05, 3.63) is 70.5 Å². The Morgan fingerprint density at radius 3 is 2.43 bits per heavy atom. The lowest BCUT2D eigenvalue weighted by Crippen LogP contribution is -2.45. The van der Waals surface area contributed by atoms with Crippen molar-refractivity contribution in [2.75, 3.05) is 0 Å². The van der Waals surface area contributed by atoms with Gasteiger partial charge >= 0.3 is 0 Å². The number of hydrogen-bond donors (Lipinski definition) is 1. The zero-order chi connectivity index (χ0) is 14.8. The van der Waals surface area contributed by atoms with Crippen LogP contribution in [0.5, 0.6) is 0 Å². The molecule has 108 valence electrons. The molecule has 2 aromatic rings. The van der Waals surface area contributed by atoms with E-state index in [1.807, 2.05) is 24.3 Å². The molecular formula is C17H15ClFNO. The van der Waals surface area contributed by atoms with Crippen molar-refractivity contribution in [3.8, 4) is 0 Å². The molecule has 21 heavy (non-hydrogen) atoms. The third kappa shape index (κ3) is 2.93. The number of hydrogen-bond acceptors (Lipinski definition) is 1. The van der Waals surface area contributed by atoms with E-state index in [1.54, 1.807) is 12.1 Å². The van der Waals surface area contributed by atoms with Crippen molar-refractivity contribution in [1.29, 1.82) is 0 Å². The van der Waals surface area contributed by atoms with Gasteiger partial charge in [0.1, 0.15) is 5.82 Å². The Morgan fingerprint density at radius 2 is 1.81 bits per heavy atom. The minimum absolute atomic E-state index is 0.0540. The van der Waals surface area contributed by atoms with E-state index < -0.39 is 5.82 Å². The molecule has 0 bridgehead atoms. The standard InChI is InChI=1S/C17H15ClFNO/c18-12-7-5-11(6-8-12)13-9-10-16(13)20-17(21)14-3-1-2-4-15(14)19/h1-8,13,16H,9-10H2,(H,20,21). The van der Waals surface area contributed by atoms with Crippen molar-refractivity contribution < 1.29 is 9.18 Å². The van der Waals surface area contributed by atoms with Crippen LogP contribution in [0, 0.1) is 5.82 Å². The van der Waals surface area contributed by atoms with E-state index in [9.17, 15) is 9.18 Å². The molecule has 1 amide bonds. The highest BCUT2D eigenvalue weighted by molar-refractivity contribution is 6.30. The fourth-order valence-electron chi connectivity index (χ4n) is 2.67. The molecule has 0 radical (unpaired) electrons. The van der Waals surface area contributed by atoms with Crippen LogP contribution in [0.1, 0.15) is 34.7 Å². The van der Waals surface area contributed by atoms with Crippen LogP contribution in [-0.2, 0) is 0 Å². The predicted molar refractivity (Wildman–Crippen MR) is 81.1 cm³/mol. The van der Waals surface area contributed by atoms with Crippen LogP contribution in [-0.4, -0.2) is 11.9 Å². The van der Waals surface area contributed by atoms with Gasteiger partial charge in [0.25, 0.3) is 5.91 Å². The highest BCUT2D eigenvalue weighted by Crippen LogP contribution is 2.37. The second kappa shape index (κ2) is 5.86. The zero-order valence-corrected chi connectivity index (χ0v) is 12.1. The van der Waals surface area contributed by atoms with Crippen LogP contribution >= 0.6 is 11.6 Å². The van der Waals surface area contributed by atoms with Crippen LogP contribution in [0.25, 0.3) is 0 Å². The monoisotopic (exact) mass is 303 g/mol. The molecule has 2 aromatic carbocycles. The fraction of sp³-hybridized carbons (Fsp3) is 0.235. The van der Waals surface area contributed by atoms with Gasteiger partial charge in [0.05, 0.1) is 5.56 Å². The van der Waals surface area contributed by atoms with Gasteiger partial charge in [0.15, 0.2) is 0 Å². The topological polar surface area (TPSA) is 29.1 Å². The normalized spacial score (nSPS) is 20.7. The molecule has 3 rings (SSSR count). The van der Waals surface area contributed by atoms with Crippen molar-refractivity contribution in [2.24, 2.45) is 0 Å². The minimum Gasteiger partial charge on any atom is -0.349 e. The maximum Gasteiger partial charge on any atom is 0.254 e. The van der Waals surface area contributed by atoms with Gasteiger partial charge in [-0.2, -0.15) is 0 Å². The average molecular weight is 304 g/mol. The SMILES string of the molecule is O=C(NC1CCC1c1ccc(Cl)cc1)c1ccccc1F. The number of benzene rings is 2. The van der Waals surface area contributed by atoms with Crippen LogP contribution in [0.2, 0.25) is 5.02 Å². The Morgan fingerprint density at radius 1 is 1.10 bits per heavy atom. The summed E-state index contributed by atoms with van der Waals surface area (Å²) in [4.78, 5) is 12.1. The predicted octanol–water partition coefficient (Wildman–Crippen LogP) is 4.16. The zero-order valence-electron chi connectivity index (χ0n) is 11.4. The summed E-state index contributed by atoms with van der Waals surface area (Å²) in [5.41, 5.74) is 1.25. The van der Waals surface area contributed by atoms with Gasteiger partial charge in [0, 0.05) is 17.0 Å². The Hall–Kier alpha value is -1.87. The Labute approximate surface area is 127 Å². The van der Waals surface area contributed by atoms with Crippen molar-refractivity contribution in [3.63, 3.8) is 0 Å². The summed E-state index contributed by atoms with van der Waals surface area (Å²) < 4.78 is 13.6. The molecule has 2 unspecified atom stereocenters. The first kappa shape index (κ1) is 14.1. The summed E-state index contributed by atoms with van der Waals surface area (Å²) in [5, 5.41) is 3.62. The summed E-state index contributed by atoms with van der Waals surface area (Å²) in [7, 11) is 0. The third-order valence-corrected chi connectivity index (χ3v) is 4.26. The summed E-state index contributed by atoms with van der Waals surface area (Å²) >= 11 is 5.88. The van der Waals surface area contributed by atoms with E-state index >= 15 is 0 Å². The summed E-state index contributed by atoms with van der Waals surface area (Å²) in [5.74, 6) is -0.563. The van der Waals surface area contributed by atoms with Gasteiger partial charge in [-0.1, -0.05) is 35.9 Å². The Balaban J connectivity index is 1.70. The smallest absolute Gasteiger partial charge is 0.254 e. The molecule has 0 spiro atoms. The van der Waals surface area contributed by atoms with E-state index in [0.717, 1.165) is 18.4 Å². The maximum absolute atomic E-state index is 13.6. The molecule has 1 N–H and O–H groups in total. The van der Waals surface area contributed by atoms with E-state index in [4.69, 9.17) is 11.6 Å². The second-order valence-electron chi connectivity index (χ2n) is 5.30. The van der Waals surface area contributed by atoms with Gasteiger partial charge < -0.3 is 5.32 Å². The molecule has 1 saturated carbocycles. The number of nitrogens with one attached hydrogen (secondary N) is 1. The first-order valence-corrected chi connectivity index (χ1v) is 7.34. The lowest BCUT2D eigenvalue weighted by Gasteiger charge is -2.37. The lowest BCUT2D eigenvalue weighted by atomic mass is 9.75. The number of rotatable bonds is 3. The molecule has 2 atom stereocenters. The molecule has 0 heterocycles. The molecule has 0 aromatic heterocycles. The lowest BCUT2D eigenvalue weighted by molar-refractivity contribution is 0.0900. The van der Waals surface area contributed by atoms with E-state index in [0.29, 0.717) is 5.02 Å². The number of carbonyl (C=O) groups excluding carboxylic acids is 1. The van der Waals surface area contributed by atoms with Gasteiger partial charge in [0.2, 0.25) is 0 Å². The van der Waals surface area contributed by atoms with Crippen LogP contribution in [0.15, 0.2) is 48.5 Å². The molecule has 1 aliphatic rings. The molecule has 0 aliphatic heterocycles. The van der Waals surface area contributed by atoms with Crippen LogP contribution in [0.4, 0.5) is 4.39 Å².